The zero-order chi connectivity index (χ0) is 14.7. The third kappa shape index (κ3) is 2.69. The molecule has 0 radical (unpaired) electrons. The predicted octanol–water partition coefficient (Wildman–Crippen LogP) is 2.44. The summed E-state index contributed by atoms with van der Waals surface area (Å²) in [6.45, 7) is 0. The molecule has 2 aromatic heterocycles. The van der Waals surface area contributed by atoms with Gasteiger partial charge in [0, 0.05) is 18.8 Å². The summed E-state index contributed by atoms with van der Waals surface area (Å²) in [5.41, 5.74) is 1.48. The van der Waals surface area contributed by atoms with E-state index in [1.54, 1.807) is 30.6 Å². The lowest BCUT2D eigenvalue weighted by Crippen LogP contribution is -1.91. The lowest BCUT2D eigenvalue weighted by Gasteiger charge is -2.04. The van der Waals surface area contributed by atoms with Gasteiger partial charge in [-0.15, -0.1) is 0 Å². The van der Waals surface area contributed by atoms with E-state index in [4.69, 9.17) is 9.26 Å². The number of para-hydroxylation sites is 1. The lowest BCUT2D eigenvalue weighted by atomic mass is 10.2. The Bertz CT molecular complexity index is 741. The third-order valence-electron chi connectivity index (χ3n) is 3.03. The maximum Gasteiger partial charge on any atom is 0.261 e. The van der Waals surface area contributed by atoms with E-state index in [0.29, 0.717) is 23.6 Å². The monoisotopic (exact) mass is 283 g/mol. The minimum Gasteiger partial charge on any atom is -0.504 e. The van der Waals surface area contributed by atoms with Gasteiger partial charge < -0.3 is 14.4 Å². The van der Waals surface area contributed by atoms with Crippen molar-refractivity contribution in [1.82, 2.24) is 15.1 Å². The van der Waals surface area contributed by atoms with E-state index in [2.05, 4.69) is 15.1 Å². The van der Waals surface area contributed by atoms with Crippen molar-refractivity contribution in [1.29, 1.82) is 0 Å². The summed E-state index contributed by atoms with van der Waals surface area (Å²) in [4.78, 5) is 8.26. The van der Waals surface area contributed by atoms with Crippen molar-refractivity contribution < 1.29 is 14.4 Å². The van der Waals surface area contributed by atoms with Crippen molar-refractivity contribution in [3.8, 4) is 23.0 Å². The number of nitrogens with zero attached hydrogens (tertiary/aromatic N) is 3. The highest BCUT2D eigenvalue weighted by Gasteiger charge is 2.15. The van der Waals surface area contributed by atoms with Crippen LogP contribution < -0.4 is 4.74 Å². The van der Waals surface area contributed by atoms with Gasteiger partial charge in [0.1, 0.15) is 0 Å². The second kappa shape index (κ2) is 5.62. The molecule has 21 heavy (non-hydrogen) atoms. The first-order chi connectivity index (χ1) is 10.3. The molecule has 0 saturated heterocycles. The highest BCUT2D eigenvalue weighted by Crippen LogP contribution is 2.35. The SMILES string of the molecule is COc1cccc(-c2nc(Cc3ccncc3)no2)c1O. The molecule has 3 rings (SSSR count). The van der Waals surface area contributed by atoms with Gasteiger partial charge in [0.15, 0.2) is 17.3 Å². The number of hydrogen-bond donors (Lipinski definition) is 1. The molecule has 2 heterocycles. The molecule has 1 aromatic carbocycles. The van der Waals surface area contributed by atoms with E-state index in [1.807, 2.05) is 12.1 Å². The Balaban J connectivity index is 1.88. The quantitative estimate of drug-likeness (QED) is 0.792. The average molecular weight is 283 g/mol. The van der Waals surface area contributed by atoms with Crippen LogP contribution in [0.4, 0.5) is 0 Å². The molecular weight excluding hydrogens is 270 g/mol. The molecule has 0 atom stereocenters. The molecule has 106 valence electrons. The van der Waals surface area contributed by atoms with Crippen LogP contribution >= 0.6 is 0 Å². The fourth-order valence-electron chi connectivity index (χ4n) is 1.98. The van der Waals surface area contributed by atoms with E-state index in [1.165, 1.54) is 7.11 Å². The van der Waals surface area contributed by atoms with Crippen LogP contribution in [0.25, 0.3) is 11.5 Å². The van der Waals surface area contributed by atoms with E-state index >= 15 is 0 Å². The first kappa shape index (κ1) is 13.1. The summed E-state index contributed by atoms with van der Waals surface area (Å²) in [7, 11) is 1.49. The number of aromatic hydroxyl groups is 1. The molecule has 1 N–H and O–H groups in total. The Hall–Kier alpha value is -2.89. The van der Waals surface area contributed by atoms with Gasteiger partial charge >= 0.3 is 0 Å². The molecule has 0 fully saturated rings. The van der Waals surface area contributed by atoms with Crippen molar-refractivity contribution >= 4 is 0 Å². The van der Waals surface area contributed by atoms with Gasteiger partial charge in [0.05, 0.1) is 12.7 Å². The summed E-state index contributed by atoms with van der Waals surface area (Å²) >= 11 is 0. The molecule has 3 aromatic rings. The maximum absolute atomic E-state index is 10.1. The van der Waals surface area contributed by atoms with Crippen LogP contribution in [0, 0.1) is 0 Å². The van der Waals surface area contributed by atoms with Crippen LogP contribution in [0.5, 0.6) is 11.5 Å². The minimum absolute atomic E-state index is 0.0147. The fourth-order valence-corrected chi connectivity index (χ4v) is 1.98. The molecular formula is C15H13N3O3. The average Bonchev–Trinajstić information content (AvgIpc) is 2.97. The summed E-state index contributed by atoms with van der Waals surface area (Å²) in [6.07, 6.45) is 3.96. The first-order valence-electron chi connectivity index (χ1n) is 6.36. The molecule has 6 heteroatoms. The van der Waals surface area contributed by atoms with Crippen LogP contribution in [0.15, 0.2) is 47.2 Å². The van der Waals surface area contributed by atoms with Crippen molar-refractivity contribution in [2.75, 3.05) is 7.11 Å². The van der Waals surface area contributed by atoms with Gasteiger partial charge in [-0.1, -0.05) is 11.2 Å². The minimum atomic E-state index is -0.0147. The smallest absolute Gasteiger partial charge is 0.261 e. The fraction of sp³-hybridized carbons (Fsp3) is 0.133. The highest BCUT2D eigenvalue weighted by molar-refractivity contribution is 5.66. The molecule has 0 aliphatic carbocycles. The van der Waals surface area contributed by atoms with Crippen molar-refractivity contribution in [3.05, 3.63) is 54.1 Å². The summed E-state index contributed by atoms with van der Waals surface area (Å²) in [5, 5.41) is 14.0. The number of methoxy groups -OCH3 is 1. The number of benzene rings is 1. The van der Waals surface area contributed by atoms with Gasteiger partial charge in [-0.25, -0.2) is 0 Å². The van der Waals surface area contributed by atoms with Crippen molar-refractivity contribution in [2.45, 2.75) is 6.42 Å². The van der Waals surface area contributed by atoms with E-state index < -0.39 is 0 Å². The van der Waals surface area contributed by atoms with Crippen molar-refractivity contribution in [3.63, 3.8) is 0 Å². The van der Waals surface area contributed by atoms with Crippen LogP contribution in [0.3, 0.4) is 0 Å². The number of ether oxygens (including phenoxy) is 1. The standard InChI is InChI=1S/C15H13N3O3/c1-20-12-4-2-3-11(14(12)19)15-17-13(18-21-15)9-10-5-7-16-8-6-10/h2-8,19H,9H2,1H3. The van der Waals surface area contributed by atoms with E-state index in [9.17, 15) is 5.11 Å². The van der Waals surface area contributed by atoms with Gasteiger partial charge in [-0.2, -0.15) is 4.98 Å². The summed E-state index contributed by atoms with van der Waals surface area (Å²) in [6, 6.07) is 8.88. The number of phenols is 1. The van der Waals surface area contributed by atoms with Gasteiger partial charge in [0.2, 0.25) is 0 Å². The molecule has 0 amide bonds. The zero-order valence-electron chi connectivity index (χ0n) is 11.4. The Kier molecular flexibility index (Phi) is 3.51. The Morgan fingerprint density at radius 1 is 1.19 bits per heavy atom. The van der Waals surface area contributed by atoms with E-state index in [-0.39, 0.29) is 11.6 Å². The Labute approximate surface area is 121 Å². The van der Waals surface area contributed by atoms with Crippen molar-refractivity contribution in [2.24, 2.45) is 0 Å². The molecule has 0 bridgehead atoms. The largest absolute Gasteiger partial charge is 0.504 e. The number of rotatable bonds is 4. The number of pyridine rings is 1. The maximum atomic E-state index is 10.1. The summed E-state index contributed by atoms with van der Waals surface area (Å²) in [5.74, 6) is 1.15. The summed E-state index contributed by atoms with van der Waals surface area (Å²) < 4.78 is 10.3. The Morgan fingerprint density at radius 2 is 2.00 bits per heavy atom. The zero-order valence-corrected chi connectivity index (χ0v) is 11.4. The second-order valence-electron chi connectivity index (χ2n) is 4.40. The van der Waals surface area contributed by atoms with Crippen LogP contribution in [-0.2, 0) is 6.42 Å². The van der Waals surface area contributed by atoms with E-state index in [0.717, 1.165) is 5.56 Å². The molecule has 6 nitrogen and oxygen atoms in total. The second-order valence-corrected chi connectivity index (χ2v) is 4.40. The van der Waals surface area contributed by atoms with Gasteiger partial charge in [0.25, 0.3) is 5.89 Å². The van der Waals surface area contributed by atoms with Crippen LogP contribution in [-0.4, -0.2) is 27.3 Å². The molecule has 0 aliphatic rings. The predicted molar refractivity (Wildman–Crippen MR) is 75.0 cm³/mol. The molecule has 0 aliphatic heterocycles. The molecule has 0 saturated carbocycles. The molecule has 0 unspecified atom stereocenters. The highest BCUT2D eigenvalue weighted by atomic mass is 16.5. The van der Waals surface area contributed by atoms with Gasteiger partial charge in [-0.3, -0.25) is 4.98 Å². The number of phenolic OH excluding ortho intramolecular Hbond substituents is 1. The van der Waals surface area contributed by atoms with Crippen LogP contribution in [0.2, 0.25) is 0 Å². The first-order valence-corrected chi connectivity index (χ1v) is 6.36. The lowest BCUT2D eigenvalue weighted by molar-refractivity contribution is 0.371. The number of hydrogen-bond acceptors (Lipinski definition) is 6. The third-order valence-corrected chi connectivity index (χ3v) is 3.03. The number of aromatic nitrogens is 3. The Morgan fingerprint density at radius 3 is 2.76 bits per heavy atom. The van der Waals surface area contributed by atoms with Gasteiger partial charge in [-0.05, 0) is 29.8 Å². The normalized spacial score (nSPS) is 10.5. The topological polar surface area (TPSA) is 81.3 Å². The molecule has 0 spiro atoms. The van der Waals surface area contributed by atoms with Crippen LogP contribution in [0.1, 0.15) is 11.4 Å².